The molecule has 0 saturated carbocycles. The van der Waals surface area contributed by atoms with Crippen molar-refractivity contribution in [3.63, 3.8) is 0 Å². The molecule has 1 rings (SSSR count). The van der Waals surface area contributed by atoms with Crippen LogP contribution in [0.1, 0.15) is 53.4 Å². The van der Waals surface area contributed by atoms with E-state index in [1.807, 2.05) is 0 Å². The second kappa shape index (κ2) is 4.00. The van der Waals surface area contributed by atoms with Crippen molar-refractivity contribution >= 4 is 0 Å². The lowest BCUT2D eigenvalue weighted by molar-refractivity contribution is 0.0203. The van der Waals surface area contributed by atoms with Gasteiger partial charge in [0.05, 0.1) is 0 Å². The fourth-order valence-corrected chi connectivity index (χ4v) is 2.84. The highest BCUT2D eigenvalue weighted by molar-refractivity contribution is 4.91. The Morgan fingerprint density at radius 1 is 1.38 bits per heavy atom. The van der Waals surface area contributed by atoms with Crippen LogP contribution in [0.3, 0.4) is 0 Å². The highest BCUT2D eigenvalue weighted by Gasteiger charge is 2.35. The molecule has 78 valence electrons. The summed E-state index contributed by atoms with van der Waals surface area (Å²) >= 11 is 0. The van der Waals surface area contributed by atoms with Crippen molar-refractivity contribution in [2.24, 2.45) is 5.92 Å². The van der Waals surface area contributed by atoms with E-state index < -0.39 is 0 Å². The van der Waals surface area contributed by atoms with Gasteiger partial charge in [0, 0.05) is 11.6 Å². The first-order valence-electron chi connectivity index (χ1n) is 5.70. The number of piperidine rings is 1. The van der Waals surface area contributed by atoms with Gasteiger partial charge in [-0.2, -0.15) is 0 Å². The molecule has 1 aliphatic heterocycles. The zero-order valence-corrected chi connectivity index (χ0v) is 9.93. The number of rotatable bonds is 2. The van der Waals surface area contributed by atoms with Crippen LogP contribution in [-0.4, -0.2) is 23.5 Å². The topological polar surface area (TPSA) is 3.24 Å². The SMILES string of the molecule is CCCC1CC(C)CC(C)(C)N1C. The normalized spacial score (nSPS) is 34.8. The molecule has 1 heteroatoms. The lowest BCUT2D eigenvalue weighted by atomic mass is 9.79. The van der Waals surface area contributed by atoms with Gasteiger partial charge in [-0.3, -0.25) is 4.90 Å². The minimum absolute atomic E-state index is 0.414. The Labute approximate surface area is 83.5 Å². The third kappa shape index (κ3) is 2.46. The first-order valence-corrected chi connectivity index (χ1v) is 5.70. The molecule has 1 saturated heterocycles. The average Bonchev–Trinajstić information content (AvgIpc) is 1.99. The van der Waals surface area contributed by atoms with Crippen molar-refractivity contribution in [1.29, 1.82) is 0 Å². The predicted octanol–water partition coefficient (Wildman–Crippen LogP) is 3.30. The van der Waals surface area contributed by atoms with Crippen LogP contribution in [0.5, 0.6) is 0 Å². The molecule has 0 aromatic carbocycles. The number of nitrogens with zero attached hydrogens (tertiary/aromatic N) is 1. The molecule has 0 bridgehead atoms. The molecule has 0 spiro atoms. The molecule has 2 unspecified atom stereocenters. The molecular weight excluding hydrogens is 158 g/mol. The van der Waals surface area contributed by atoms with Gasteiger partial charge < -0.3 is 0 Å². The van der Waals surface area contributed by atoms with Gasteiger partial charge in [-0.1, -0.05) is 20.3 Å². The van der Waals surface area contributed by atoms with Crippen molar-refractivity contribution in [3.05, 3.63) is 0 Å². The molecule has 13 heavy (non-hydrogen) atoms. The summed E-state index contributed by atoms with van der Waals surface area (Å²) in [7, 11) is 2.30. The van der Waals surface area contributed by atoms with E-state index in [-0.39, 0.29) is 0 Å². The molecule has 2 atom stereocenters. The average molecular weight is 183 g/mol. The summed E-state index contributed by atoms with van der Waals surface area (Å²) in [6.45, 7) is 9.45. The second-order valence-corrected chi connectivity index (χ2v) is 5.41. The van der Waals surface area contributed by atoms with Crippen LogP contribution in [-0.2, 0) is 0 Å². The van der Waals surface area contributed by atoms with E-state index in [9.17, 15) is 0 Å². The van der Waals surface area contributed by atoms with Crippen LogP contribution in [0, 0.1) is 5.92 Å². The van der Waals surface area contributed by atoms with E-state index in [4.69, 9.17) is 0 Å². The minimum Gasteiger partial charge on any atom is -0.298 e. The Morgan fingerprint density at radius 3 is 2.54 bits per heavy atom. The summed E-state index contributed by atoms with van der Waals surface area (Å²) in [4.78, 5) is 2.59. The zero-order valence-electron chi connectivity index (χ0n) is 9.93. The largest absolute Gasteiger partial charge is 0.298 e. The van der Waals surface area contributed by atoms with Crippen LogP contribution < -0.4 is 0 Å². The van der Waals surface area contributed by atoms with Crippen molar-refractivity contribution in [2.45, 2.75) is 65.0 Å². The molecular formula is C12H25N. The first kappa shape index (κ1) is 11.0. The van der Waals surface area contributed by atoms with Gasteiger partial charge in [0.15, 0.2) is 0 Å². The molecule has 1 heterocycles. The van der Waals surface area contributed by atoms with Gasteiger partial charge >= 0.3 is 0 Å². The zero-order chi connectivity index (χ0) is 10.1. The summed E-state index contributed by atoms with van der Waals surface area (Å²) in [5.74, 6) is 0.905. The first-order chi connectivity index (χ1) is 5.97. The number of likely N-dealkylation sites (tertiary alicyclic amines) is 1. The van der Waals surface area contributed by atoms with Gasteiger partial charge in [0.2, 0.25) is 0 Å². The lowest BCUT2D eigenvalue weighted by Gasteiger charge is -2.48. The van der Waals surface area contributed by atoms with Crippen LogP contribution in [0.2, 0.25) is 0 Å². The summed E-state index contributed by atoms with van der Waals surface area (Å²) in [6, 6.07) is 0.823. The summed E-state index contributed by atoms with van der Waals surface area (Å²) < 4.78 is 0. The van der Waals surface area contributed by atoms with Crippen LogP contribution in [0.4, 0.5) is 0 Å². The molecule has 0 radical (unpaired) electrons. The maximum Gasteiger partial charge on any atom is 0.0155 e. The summed E-state index contributed by atoms with van der Waals surface area (Å²) in [5.41, 5.74) is 0.414. The van der Waals surface area contributed by atoms with Crippen LogP contribution >= 0.6 is 0 Å². The number of hydrogen-bond acceptors (Lipinski definition) is 1. The Balaban J connectivity index is 2.64. The van der Waals surface area contributed by atoms with E-state index in [0.717, 1.165) is 12.0 Å². The molecule has 0 N–H and O–H groups in total. The molecule has 0 aliphatic carbocycles. The van der Waals surface area contributed by atoms with Crippen molar-refractivity contribution < 1.29 is 0 Å². The van der Waals surface area contributed by atoms with Crippen LogP contribution in [0.15, 0.2) is 0 Å². The number of hydrogen-bond donors (Lipinski definition) is 0. The Hall–Kier alpha value is -0.0400. The van der Waals surface area contributed by atoms with Gasteiger partial charge in [-0.05, 0) is 46.1 Å². The van der Waals surface area contributed by atoms with E-state index in [1.54, 1.807) is 0 Å². The van der Waals surface area contributed by atoms with Gasteiger partial charge in [0.25, 0.3) is 0 Å². The third-order valence-corrected chi connectivity index (χ3v) is 3.65. The molecule has 1 nitrogen and oxygen atoms in total. The maximum atomic E-state index is 2.59. The van der Waals surface area contributed by atoms with Gasteiger partial charge in [-0.25, -0.2) is 0 Å². The molecule has 0 aromatic heterocycles. The smallest absolute Gasteiger partial charge is 0.0155 e. The standard InChI is InChI=1S/C12H25N/c1-6-7-11-8-10(2)9-12(3,4)13(11)5/h10-11H,6-9H2,1-5H3. The third-order valence-electron chi connectivity index (χ3n) is 3.65. The molecule has 1 fully saturated rings. The summed E-state index contributed by atoms with van der Waals surface area (Å²) in [5, 5.41) is 0. The Morgan fingerprint density at radius 2 is 2.00 bits per heavy atom. The van der Waals surface area contributed by atoms with Gasteiger partial charge in [-0.15, -0.1) is 0 Å². The van der Waals surface area contributed by atoms with Crippen LogP contribution in [0.25, 0.3) is 0 Å². The highest BCUT2D eigenvalue weighted by Crippen LogP contribution is 2.35. The van der Waals surface area contributed by atoms with E-state index >= 15 is 0 Å². The quantitative estimate of drug-likeness (QED) is 0.635. The molecule has 0 aromatic rings. The van der Waals surface area contributed by atoms with E-state index in [1.165, 1.54) is 25.7 Å². The predicted molar refractivity (Wildman–Crippen MR) is 58.9 cm³/mol. The fourth-order valence-electron chi connectivity index (χ4n) is 2.84. The Kier molecular flexibility index (Phi) is 3.39. The fraction of sp³-hybridized carbons (Fsp3) is 1.00. The minimum atomic E-state index is 0.414. The van der Waals surface area contributed by atoms with Crippen molar-refractivity contribution in [3.8, 4) is 0 Å². The van der Waals surface area contributed by atoms with E-state index in [2.05, 4.69) is 39.6 Å². The second-order valence-electron chi connectivity index (χ2n) is 5.41. The maximum absolute atomic E-state index is 2.59. The monoisotopic (exact) mass is 183 g/mol. The Bertz CT molecular complexity index is 163. The molecule has 0 amide bonds. The molecule has 1 aliphatic rings. The lowest BCUT2D eigenvalue weighted by Crippen LogP contribution is -2.52. The van der Waals surface area contributed by atoms with Crippen molar-refractivity contribution in [2.75, 3.05) is 7.05 Å². The highest BCUT2D eigenvalue weighted by atomic mass is 15.2. The van der Waals surface area contributed by atoms with E-state index in [0.29, 0.717) is 5.54 Å². The van der Waals surface area contributed by atoms with Gasteiger partial charge in [0.1, 0.15) is 0 Å². The van der Waals surface area contributed by atoms with Crippen molar-refractivity contribution in [1.82, 2.24) is 4.90 Å². The summed E-state index contributed by atoms with van der Waals surface area (Å²) in [6.07, 6.45) is 5.43.